The lowest BCUT2D eigenvalue weighted by Gasteiger charge is -2.37. The van der Waals surface area contributed by atoms with Gasteiger partial charge in [-0.1, -0.05) is 6.92 Å². The molecule has 0 spiro atoms. The zero-order valence-corrected chi connectivity index (χ0v) is 12.5. The Bertz CT molecular complexity index is 444. The van der Waals surface area contributed by atoms with E-state index in [4.69, 9.17) is 9.47 Å². The molecule has 0 aliphatic carbocycles. The number of hydrogen-bond acceptors (Lipinski definition) is 4. The standard InChI is InChI=1S/C16H23NO3/c1-4-14-11-20-12(2)9-17(14)10-16(18)13-5-7-15(19-3)8-6-13/h5-8,12,14H,4,9-11H2,1-3H3. The number of carbonyl (C=O) groups excluding carboxylic acids is 1. The normalized spacial score (nSPS) is 23.6. The van der Waals surface area contributed by atoms with Gasteiger partial charge in [0, 0.05) is 18.2 Å². The Morgan fingerprint density at radius 1 is 1.40 bits per heavy atom. The summed E-state index contributed by atoms with van der Waals surface area (Å²) in [6.45, 7) is 6.18. The Labute approximate surface area is 120 Å². The number of nitrogens with zero attached hydrogens (tertiary/aromatic N) is 1. The lowest BCUT2D eigenvalue weighted by molar-refractivity contribution is -0.0523. The Kier molecular flexibility index (Phi) is 5.15. The summed E-state index contributed by atoms with van der Waals surface area (Å²) in [5, 5.41) is 0. The molecule has 2 unspecified atom stereocenters. The summed E-state index contributed by atoms with van der Waals surface area (Å²) in [7, 11) is 1.62. The van der Waals surface area contributed by atoms with Gasteiger partial charge in [-0.25, -0.2) is 0 Å². The van der Waals surface area contributed by atoms with E-state index in [0.717, 1.165) is 24.3 Å². The minimum atomic E-state index is 0.153. The first-order chi connectivity index (χ1) is 9.63. The van der Waals surface area contributed by atoms with Gasteiger partial charge in [0.25, 0.3) is 0 Å². The molecular weight excluding hydrogens is 254 g/mol. The molecular formula is C16H23NO3. The first-order valence-electron chi connectivity index (χ1n) is 7.17. The summed E-state index contributed by atoms with van der Waals surface area (Å²) in [5.74, 6) is 0.924. The van der Waals surface area contributed by atoms with Gasteiger partial charge in [-0.15, -0.1) is 0 Å². The van der Waals surface area contributed by atoms with Crippen LogP contribution < -0.4 is 4.74 Å². The number of methoxy groups -OCH3 is 1. The van der Waals surface area contributed by atoms with Crippen LogP contribution in [0.1, 0.15) is 30.6 Å². The molecule has 1 aromatic rings. The highest BCUT2D eigenvalue weighted by Crippen LogP contribution is 2.16. The highest BCUT2D eigenvalue weighted by Gasteiger charge is 2.27. The van der Waals surface area contributed by atoms with Crippen molar-refractivity contribution in [2.24, 2.45) is 0 Å². The van der Waals surface area contributed by atoms with E-state index in [1.54, 1.807) is 7.11 Å². The van der Waals surface area contributed by atoms with E-state index >= 15 is 0 Å². The summed E-state index contributed by atoms with van der Waals surface area (Å²) in [6, 6.07) is 7.64. The van der Waals surface area contributed by atoms with Crippen LogP contribution in [0, 0.1) is 0 Å². The van der Waals surface area contributed by atoms with E-state index < -0.39 is 0 Å². The molecule has 1 aliphatic rings. The van der Waals surface area contributed by atoms with Gasteiger partial charge in [0.1, 0.15) is 5.75 Å². The number of morpholine rings is 1. The van der Waals surface area contributed by atoms with Crippen LogP contribution in [0.15, 0.2) is 24.3 Å². The van der Waals surface area contributed by atoms with Crippen molar-refractivity contribution in [3.63, 3.8) is 0 Å². The largest absolute Gasteiger partial charge is 0.497 e. The van der Waals surface area contributed by atoms with Gasteiger partial charge in [0.15, 0.2) is 5.78 Å². The second-order valence-corrected chi connectivity index (χ2v) is 5.29. The van der Waals surface area contributed by atoms with Crippen LogP contribution >= 0.6 is 0 Å². The smallest absolute Gasteiger partial charge is 0.176 e. The minimum absolute atomic E-state index is 0.153. The molecule has 1 aliphatic heterocycles. The third-order valence-corrected chi connectivity index (χ3v) is 3.81. The Morgan fingerprint density at radius 2 is 2.10 bits per heavy atom. The van der Waals surface area contributed by atoms with E-state index in [9.17, 15) is 4.79 Å². The SMILES string of the molecule is CCC1COC(C)CN1CC(=O)c1ccc(OC)cc1. The summed E-state index contributed by atoms with van der Waals surface area (Å²) in [5.41, 5.74) is 0.736. The lowest BCUT2D eigenvalue weighted by Crippen LogP contribution is -2.50. The van der Waals surface area contributed by atoms with E-state index in [1.165, 1.54) is 0 Å². The van der Waals surface area contributed by atoms with E-state index in [1.807, 2.05) is 24.3 Å². The van der Waals surface area contributed by atoms with Gasteiger partial charge >= 0.3 is 0 Å². The summed E-state index contributed by atoms with van der Waals surface area (Å²) in [6.07, 6.45) is 1.20. The van der Waals surface area contributed by atoms with Crippen molar-refractivity contribution in [3.8, 4) is 5.75 Å². The molecule has 0 amide bonds. The predicted octanol–water partition coefficient (Wildman–Crippen LogP) is 2.38. The second-order valence-electron chi connectivity index (χ2n) is 5.29. The molecule has 1 heterocycles. The Hall–Kier alpha value is -1.39. The third-order valence-electron chi connectivity index (χ3n) is 3.81. The summed E-state index contributed by atoms with van der Waals surface area (Å²) in [4.78, 5) is 14.6. The molecule has 0 saturated carbocycles. The van der Waals surface area contributed by atoms with Crippen molar-refractivity contribution in [3.05, 3.63) is 29.8 Å². The van der Waals surface area contributed by atoms with E-state index in [0.29, 0.717) is 19.2 Å². The number of Topliss-reactive ketones (excluding diaryl/α,β-unsaturated/α-hetero) is 1. The molecule has 1 fully saturated rings. The molecule has 0 aromatic heterocycles. The monoisotopic (exact) mass is 277 g/mol. The molecule has 20 heavy (non-hydrogen) atoms. The molecule has 0 N–H and O–H groups in total. The van der Waals surface area contributed by atoms with Crippen molar-refractivity contribution >= 4 is 5.78 Å². The number of hydrogen-bond donors (Lipinski definition) is 0. The number of carbonyl (C=O) groups is 1. The zero-order valence-electron chi connectivity index (χ0n) is 12.5. The summed E-state index contributed by atoms with van der Waals surface area (Å²) < 4.78 is 10.8. The molecule has 110 valence electrons. The number of rotatable bonds is 5. The second kappa shape index (κ2) is 6.86. The fourth-order valence-electron chi connectivity index (χ4n) is 2.54. The van der Waals surface area contributed by atoms with Crippen molar-refractivity contribution in [1.29, 1.82) is 0 Å². The minimum Gasteiger partial charge on any atom is -0.497 e. The van der Waals surface area contributed by atoms with Gasteiger partial charge in [-0.2, -0.15) is 0 Å². The quantitative estimate of drug-likeness (QED) is 0.775. The van der Waals surface area contributed by atoms with Crippen LogP contribution in [-0.4, -0.2) is 49.6 Å². The first kappa shape index (κ1) is 15.0. The number of ketones is 1. The first-order valence-corrected chi connectivity index (χ1v) is 7.17. The van der Waals surface area contributed by atoms with Gasteiger partial charge in [-0.05, 0) is 37.6 Å². The predicted molar refractivity (Wildman–Crippen MR) is 78.4 cm³/mol. The topological polar surface area (TPSA) is 38.8 Å². The van der Waals surface area contributed by atoms with Gasteiger partial charge < -0.3 is 9.47 Å². The van der Waals surface area contributed by atoms with Crippen LogP contribution in [0.2, 0.25) is 0 Å². The molecule has 4 nitrogen and oxygen atoms in total. The maximum atomic E-state index is 12.4. The molecule has 0 radical (unpaired) electrons. The van der Waals surface area contributed by atoms with Crippen LogP contribution in [0.3, 0.4) is 0 Å². The van der Waals surface area contributed by atoms with Gasteiger partial charge in [0.05, 0.1) is 26.4 Å². The number of benzene rings is 1. The highest BCUT2D eigenvalue weighted by atomic mass is 16.5. The van der Waals surface area contributed by atoms with Crippen LogP contribution in [0.4, 0.5) is 0 Å². The fourth-order valence-corrected chi connectivity index (χ4v) is 2.54. The molecule has 0 bridgehead atoms. The average Bonchev–Trinajstić information content (AvgIpc) is 2.47. The molecule has 4 heteroatoms. The van der Waals surface area contributed by atoms with Crippen molar-refractivity contribution < 1.29 is 14.3 Å². The zero-order chi connectivity index (χ0) is 14.5. The summed E-state index contributed by atoms with van der Waals surface area (Å²) >= 11 is 0. The molecule has 1 aromatic carbocycles. The maximum absolute atomic E-state index is 12.4. The van der Waals surface area contributed by atoms with Gasteiger partial charge in [-0.3, -0.25) is 9.69 Å². The van der Waals surface area contributed by atoms with E-state index in [-0.39, 0.29) is 11.9 Å². The third kappa shape index (κ3) is 3.58. The van der Waals surface area contributed by atoms with Gasteiger partial charge in [0.2, 0.25) is 0 Å². The van der Waals surface area contributed by atoms with Crippen LogP contribution in [0.25, 0.3) is 0 Å². The number of ether oxygens (including phenoxy) is 2. The van der Waals surface area contributed by atoms with E-state index in [2.05, 4.69) is 18.7 Å². The highest BCUT2D eigenvalue weighted by molar-refractivity contribution is 5.97. The average molecular weight is 277 g/mol. The van der Waals surface area contributed by atoms with Crippen molar-refractivity contribution in [2.45, 2.75) is 32.4 Å². The van der Waals surface area contributed by atoms with Crippen molar-refractivity contribution in [2.75, 3.05) is 26.8 Å². The van der Waals surface area contributed by atoms with Crippen LogP contribution in [-0.2, 0) is 4.74 Å². The molecule has 1 saturated heterocycles. The van der Waals surface area contributed by atoms with Crippen molar-refractivity contribution in [1.82, 2.24) is 4.90 Å². The van der Waals surface area contributed by atoms with Crippen LogP contribution in [0.5, 0.6) is 5.75 Å². The molecule has 2 atom stereocenters. The molecule has 2 rings (SSSR count). The Morgan fingerprint density at radius 3 is 2.70 bits per heavy atom. The maximum Gasteiger partial charge on any atom is 0.176 e. The fraction of sp³-hybridized carbons (Fsp3) is 0.562. The Balaban J connectivity index is 2.01. The lowest BCUT2D eigenvalue weighted by atomic mass is 10.1.